The zero-order valence-electron chi connectivity index (χ0n) is 19.1. The van der Waals surface area contributed by atoms with Crippen LogP contribution in [0, 0.1) is 5.82 Å². The molecule has 198 valence electrons. The maximum Gasteiger partial charge on any atom is 0.417 e. The molecule has 1 fully saturated rings. The molecule has 3 N–H and O–H groups in total. The first-order chi connectivity index (χ1) is 17.5. The van der Waals surface area contributed by atoms with Crippen LogP contribution in [0.15, 0.2) is 47.6 Å². The molecule has 3 aromatic rings. The van der Waals surface area contributed by atoms with Gasteiger partial charge in [0.05, 0.1) is 11.5 Å². The summed E-state index contributed by atoms with van der Waals surface area (Å²) in [6, 6.07) is 7.45. The number of hydrogen-bond donors (Lipinski definition) is 3. The van der Waals surface area contributed by atoms with Crippen LogP contribution < -0.4 is 14.8 Å². The van der Waals surface area contributed by atoms with E-state index in [0.717, 1.165) is 11.5 Å². The van der Waals surface area contributed by atoms with Gasteiger partial charge in [0.25, 0.3) is 10.0 Å². The van der Waals surface area contributed by atoms with Crippen molar-refractivity contribution in [3.05, 3.63) is 65.2 Å². The number of fused-ring (bicyclic) bond motifs is 1. The third-order valence-corrected chi connectivity index (χ3v) is 8.75. The van der Waals surface area contributed by atoms with Crippen molar-refractivity contribution in [2.75, 3.05) is 17.9 Å². The van der Waals surface area contributed by atoms with E-state index in [1.165, 1.54) is 36.7 Å². The van der Waals surface area contributed by atoms with Crippen molar-refractivity contribution in [1.82, 2.24) is 14.7 Å². The van der Waals surface area contributed by atoms with E-state index in [4.69, 9.17) is 4.74 Å². The van der Waals surface area contributed by atoms with Gasteiger partial charge in [-0.1, -0.05) is 12.1 Å². The third kappa shape index (κ3) is 5.15. The largest absolute Gasteiger partial charge is 0.493 e. The van der Waals surface area contributed by atoms with Gasteiger partial charge in [-0.05, 0) is 54.3 Å². The van der Waals surface area contributed by atoms with Crippen molar-refractivity contribution in [2.45, 2.75) is 47.9 Å². The first-order valence-corrected chi connectivity index (χ1v) is 13.6. The maximum atomic E-state index is 14.3. The van der Waals surface area contributed by atoms with E-state index in [9.17, 15) is 31.1 Å². The number of benzene rings is 2. The van der Waals surface area contributed by atoms with Crippen LogP contribution in [0.5, 0.6) is 5.75 Å². The van der Waals surface area contributed by atoms with Gasteiger partial charge in [-0.25, -0.2) is 17.8 Å². The van der Waals surface area contributed by atoms with Gasteiger partial charge in [0.2, 0.25) is 5.13 Å². The molecule has 1 unspecified atom stereocenters. The van der Waals surface area contributed by atoms with E-state index >= 15 is 0 Å². The number of ether oxygens (including phenoxy) is 1. The fraction of sp³-hybridized carbons (Fsp3) is 0.391. The Morgan fingerprint density at radius 1 is 1.19 bits per heavy atom. The van der Waals surface area contributed by atoms with Crippen LogP contribution in [0.3, 0.4) is 0 Å². The number of sulfonamides is 1. The zero-order valence-corrected chi connectivity index (χ0v) is 20.8. The topological polar surface area (TPSA) is 113 Å². The lowest BCUT2D eigenvalue weighted by molar-refractivity contribution is -0.271. The number of aromatic nitrogens is 2. The smallest absolute Gasteiger partial charge is 0.417 e. The second-order valence-corrected chi connectivity index (χ2v) is 11.6. The number of halogens is 4. The number of rotatable bonds is 5. The molecule has 0 radical (unpaired) electrons. The summed E-state index contributed by atoms with van der Waals surface area (Å²) in [5, 5.41) is 13.4. The van der Waals surface area contributed by atoms with Crippen molar-refractivity contribution >= 4 is 26.7 Å². The number of hydrogen-bond acceptors (Lipinski definition) is 8. The van der Waals surface area contributed by atoms with Crippen molar-refractivity contribution in [2.24, 2.45) is 0 Å². The minimum absolute atomic E-state index is 0.0378. The van der Waals surface area contributed by atoms with Crippen molar-refractivity contribution in [3.8, 4) is 5.75 Å². The molecular weight excluding hydrogens is 536 g/mol. The molecule has 3 heterocycles. The summed E-state index contributed by atoms with van der Waals surface area (Å²) >= 11 is 0.890. The summed E-state index contributed by atoms with van der Waals surface area (Å²) in [6.45, 7) is 0.0108. The second kappa shape index (κ2) is 9.49. The molecule has 1 saturated heterocycles. The van der Waals surface area contributed by atoms with Crippen LogP contribution in [0.2, 0.25) is 0 Å². The van der Waals surface area contributed by atoms with Gasteiger partial charge in [0.1, 0.15) is 17.9 Å². The van der Waals surface area contributed by atoms with Gasteiger partial charge >= 0.3 is 6.18 Å². The minimum Gasteiger partial charge on any atom is -0.493 e. The molecule has 2 aliphatic heterocycles. The molecule has 2 aromatic carbocycles. The maximum absolute atomic E-state index is 14.3. The molecule has 0 saturated carbocycles. The Hall–Kier alpha value is -2.81. The molecule has 0 aliphatic carbocycles. The Balaban J connectivity index is 1.40. The Bertz CT molecular complexity index is 1400. The normalized spacial score (nSPS) is 24.2. The van der Waals surface area contributed by atoms with Gasteiger partial charge in [-0.15, -0.1) is 0 Å². The predicted molar refractivity (Wildman–Crippen MR) is 126 cm³/mol. The Morgan fingerprint density at radius 2 is 2.00 bits per heavy atom. The Labute approximate surface area is 213 Å². The van der Waals surface area contributed by atoms with E-state index in [2.05, 4.69) is 19.4 Å². The number of nitrogens with zero attached hydrogens (tertiary/aromatic N) is 2. The molecule has 3 atom stereocenters. The van der Waals surface area contributed by atoms with Crippen LogP contribution in [0.25, 0.3) is 0 Å². The molecule has 0 spiro atoms. The molecule has 14 heteroatoms. The molecule has 8 nitrogen and oxygen atoms in total. The fourth-order valence-electron chi connectivity index (χ4n) is 4.77. The minimum atomic E-state index is -4.79. The van der Waals surface area contributed by atoms with Crippen LogP contribution in [0.1, 0.15) is 41.5 Å². The van der Waals surface area contributed by atoms with Crippen molar-refractivity contribution in [1.29, 1.82) is 0 Å². The second-order valence-electron chi connectivity index (χ2n) is 9.10. The summed E-state index contributed by atoms with van der Waals surface area (Å²) in [4.78, 5) is 3.77. The van der Waals surface area contributed by atoms with E-state index in [-0.39, 0.29) is 23.2 Å². The van der Waals surface area contributed by atoms with E-state index < -0.39 is 52.4 Å². The number of alkyl halides is 3. The summed E-state index contributed by atoms with van der Waals surface area (Å²) < 4.78 is 92.1. The van der Waals surface area contributed by atoms with Gasteiger partial charge in [0.15, 0.2) is 5.60 Å². The molecular formula is C23H22F4N4O4S2. The summed E-state index contributed by atoms with van der Waals surface area (Å²) in [5.74, 6) is -0.602. The highest BCUT2D eigenvalue weighted by Gasteiger charge is 2.55. The van der Waals surface area contributed by atoms with Crippen LogP contribution in [-0.2, 0) is 16.4 Å². The number of aliphatic hydroxyl groups is 1. The molecule has 5 rings (SSSR count). The molecule has 0 amide bonds. The van der Waals surface area contributed by atoms with Crippen molar-refractivity contribution in [3.63, 3.8) is 0 Å². The van der Waals surface area contributed by atoms with Crippen LogP contribution in [-0.4, -0.2) is 47.8 Å². The molecule has 0 bridgehead atoms. The predicted octanol–water partition coefficient (Wildman–Crippen LogP) is 3.91. The molecule has 1 aromatic heterocycles. The lowest BCUT2D eigenvalue weighted by Gasteiger charge is -2.40. The number of piperidine rings is 1. The first kappa shape index (κ1) is 25.8. The van der Waals surface area contributed by atoms with Crippen molar-refractivity contribution < 1.29 is 35.8 Å². The number of anilines is 1. The van der Waals surface area contributed by atoms with Gasteiger partial charge in [-0.3, -0.25) is 4.72 Å². The zero-order chi connectivity index (χ0) is 26.4. The lowest BCUT2D eigenvalue weighted by Crippen LogP contribution is -2.53. The Morgan fingerprint density at radius 3 is 2.73 bits per heavy atom. The third-order valence-electron chi connectivity index (χ3n) is 6.70. The highest BCUT2D eigenvalue weighted by Crippen LogP contribution is 2.44. The van der Waals surface area contributed by atoms with Gasteiger partial charge in [-0.2, -0.15) is 17.5 Å². The summed E-state index contributed by atoms with van der Waals surface area (Å²) in [6.07, 6.45) is -4.27. The highest BCUT2D eigenvalue weighted by atomic mass is 32.2. The SMILES string of the molecule is O=S(=O)(Nc1ncns1)c1ccc2c(c1)OCC(c1cc(F)ccc1[C@@H]1C[C@](O)(C(F)(F)F)CCN1)C2. The van der Waals surface area contributed by atoms with Crippen LogP contribution in [0.4, 0.5) is 22.7 Å². The monoisotopic (exact) mass is 558 g/mol. The standard InChI is InChI=1S/C23H22F4N4O4S2/c24-15-2-4-17(19-10-22(32,5-6-28-19)23(25,26)27)18(8-15)14-7-13-1-3-16(9-20(13)35-11-14)37(33,34)31-21-29-12-30-36-21/h1-4,8-9,12,14,19,28,32H,5-7,10-11H2,(H,29,30,31)/t14?,19-,22-/m0/s1. The van der Waals surface area contributed by atoms with E-state index in [1.807, 2.05) is 0 Å². The number of nitrogens with one attached hydrogen (secondary N) is 2. The Kier molecular flexibility index (Phi) is 6.63. The van der Waals surface area contributed by atoms with Gasteiger partial charge < -0.3 is 15.2 Å². The first-order valence-electron chi connectivity index (χ1n) is 11.3. The molecule has 37 heavy (non-hydrogen) atoms. The lowest BCUT2D eigenvalue weighted by atomic mass is 9.79. The van der Waals surface area contributed by atoms with E-state index in [0.29, 0.717) is 28.9 Å². The highest BCUT2D eigenvalue weighted by molar-refractivity contribution is 7.93. The average Bonchev–Trinajstić information content (AvgIpc) is 3.35. The average molecular weight is 559 g/mol. The quantitative estimate of drug-likeness (QED) is 0.407. The summed E-state index contributed by atoms with van der Waals surface area (Å²) in [7, 11) is -3.93. The molecule has 2 aliphatic rings. The van der Waals surface area contributed by atoms with Gasteiger partial charge in [0, 0.05) is 36.0 Å². The van der Waals surface area contributed by atoms with E-state index in [1.54, 1.807) is 6.07 Å². The summed E-state index contributed by atoms with van der Waals surface area (Å²) in [5.41, 5.74) is -1.23. The fourth-order valence-corrected chi connectivity index (χ4v) is 6.45. The van der Waals surface area contributed by atoms with Crippen LogP contribution >= 0.6 is 11.5 Å².